The van der Waals surface area contributed by atoms with Gasteiger partial charge in [-0.2, -0.15) is 0 Å². The Kier molecular flexibility index (Phi) is 6.84. The second-order valence-electron chi connectivity index (χ2n) is 4.81. The molecule has 19 heavy (non-hydrogen) atoms. The highest BCUT2D eigenvalue weighted by atomic mass is 16.5. The molecule has 0 aromatic carbocycles. The normalized spacial score (nSPS) is 12.6. The minimum atomic E-state index is -1.22. The molecule has 0 saturated heterocycles. The number of hydrogen-bond donors (Lipinski definition) is 4. The van der Waals surface area contributed by atoms with Gasteiger partial charge < -0.3 is 26.2 Å². The van der Waals surface area contributed by atoms with Crippen molar-refractivity contribution < 1.29 is 24.2 Å². The summed E-state index contributed by atoms with van der Waals surface area (Å²) < 4.78 is 4.92. The number of urea groups is 1. The zero-order chi connectivity index (χ0) is 15.1. The number of nitrogens with two attached hydrogens (primary N) is 1. The van der Waals surface area contributed by atoms with E-state index in [0.717, 1.165) is 0 Å². The summed E-state index contributed by atoms with van der Waals surface area (Å²) in [5.41, 5.74) is 4.30. The van der Waals surface area contributed by atoms with Crippen LogP contribution in [0.25, 0.3) is 0 Å². The van der Waals surface area contributed by atoms with Crippen LogP contribution in [0.3, 0.4) is 0 Å². The SMILES string of the molecule is COCC(C)(C)NC(=O)NC(CCC(N)=O)C(=O)O. The molecule has 8 heteroatoms. The summed E-state index contributed by atoms with van der Waals surface area (Å²) >= 11 is 0. The van der Waals surface area contributed by atoms with Gasteiger partial charge in [-0.3, -0.25) is 4.79 Å². The molecule has 0 heterocycles. The molecular weight excluding hydrogens is 254 g/mol. The van der Waals surface area contributed by atoms with E-state index in [9.17, 15) is 14.4 Å². The maximum absolute atomic E-state index is 11.6. The number of primary amides is 1. The quantitative estimate of drug-likeness (QED) is 0.471. The van der Waals surface area contributed by atoms with Crippen LogP contribution in [0.15, 0.2) is 0 Å². The molecule has 8 nitrogen and oxygen atoms in total. The fourth-order valence-corrected chi connectivity index (χ4v) is 1.44. The average Bonchev–Trinajstić information content (AvgIpc) is 2.22. The van der Waals surface area contributed by atoms with Crippen molar-refractivity contribution in [1.29, 1.82) is 0 Å². The Balaban J connectivity index is 4.39. The highest BCUT2D eigenvalue weighted by Gasteiger charge is 2.24. The highest BCUT2D eigenvalue weighted by molar-refractivity contribution is 5.83. The summed E-state index contributed by atoms with van der Waals surface area (Å²) in [7, 11) is 1.49. The highest BCUT2D eigenvalue weighted by Crippen LogP contribution is 2.03. The Bertz CT molecular complexity index is 343. The number of ether oxygens (including phenoxy) is 1. The number of rotatable bonds is 8. The van der Waals surface area contributed by atoms with Crippen LogP contribution in [0, 0.1) is 0 Å². The van der Waals surface area contributed by atoms with Crippen LogP contribution in [-0.2, 0) is 14.3 Å². The van der Waals surface area contributed by atoms with Crippen LogP contribution in [0.5, 0.6) is 0 Å². The Morgan fingerprint density at radius 2 is 1.95 bits per heavy atom. The van der Waals surface area contributed by atoms with Crippen molar-refractivity contribution in [3.05, 3.63) is 0 Å². The van der Waals surface area contributed by atoms with Crippen molar-refractivity contribution in [2.45, 2.75) is 38.3 Å². The molecule has 0 saturated carbocycles. The fourth-order valence-electron chi connectivity index (χ4n) is 1.44. The van der Waals surface area contributed by atoms with Gasteiger partial charge >= 0.3 is 12.0 Å². The van der Waals surface area contributed by atoms with Crippen molar-refractivity contribution in [2.24, 2.45) is 5.73 Å². The molecular formula is C11H21N3O5. The van der Waals surface area contributed by atoms with E-state index in [1.807, 2.05) is 0 Å². The van der Waals surface area contributed by atoms with Crippen molar-refractivity contribution in [2.75, 3.05) is 13.7 Å². The molecule has 0 aliphatic carbocycles. The van der Waals surface area contributed by atoms with Crippen LogP contribution >= 0.6 is 0 Å². The molecule has 0 bridgehead atoms. The lowest BCUT2D eigenvalue weighted by Crippen LogP contribution is -2.54. The van der Waals surface area contributed by atoms with Crippen molar-refractivity contribution in [3.8, 4) is 0 Å². The monoisotopic (exact) mass is 275 g/mol. The smallest absolute Gasteiger partial charge is 0.326 e. The molecule has 0 aromatic rings. The first-order valence-electron chi connectivity index (χ1n) is 5.76. The molecule has 0 fully saturated rings. The Morgan fingerprint density at radius 3 is 2.37 bits per heavy atom. The van der Waals surface area contributed by atoms with E-state index in [1.165, 1.54) is 7.11 Å². The Hall–Kier alpha value is -1.83. The molecule has 0 rings (SSSR count). The van der Waals surface area contributed by atoms with Gasteiger partial charge in [-0.05, 0) is 20.3 Å². The predicted octanol–water partition coefficient (Wildman–Crippen LogP) is -0.571. The zero-order valence-corrected chi connectivity index (χ0v) is 11.4. The van der Waals surface area contributed by atoms with Crippen LogP contribution in [0.2, 0.25) is 0 Å². The third-order valence-corrected chi connectivity index (χ3v) is 2.24. The fraction of sp³-hybridized carbons (Fsp3) is 0.727. The van der Waals surface area contributed by atoms with Gasteiger partial charge in [0.2, 0.25) is 5.91 Å². The summed E-state index contributed by atoms with van der Waals surface area (Å²) in [6, 6.07) is -1.80. The van der Waals surface area contributed by atoms with E-state index in [-0.39, 0.29) is 19.4 Å². The number of hydrogen-bond acceptors (Lipinski definition) is 4. The van der Waals surface area contributed by atoms with E-state index in [2.05, 4.69) is 10.6 Å². The number of amides is 3. The first-order chi connectivity index (χ1) is 8.68. The molecule has 0 aliphatic heterocycles. The van der Waals surface area contributed by atoms with Gasteiger partial charge in [-0.1, -0.05) is 0 Å². The van der Waals surface area contributed by atoms with Gasteiger partial charge in [0.25, 0.3) is 0 Å². The van der Waals surface area contributed by atoms with Gasteiger partial charge in [0.1, 0.15) is 6.04 Å². The third-order valence-electron chi connectivity index (χ3n) is 2.24. The van der Waals surface area contributed by atoms with E-state index < -0.39 is 29.5 Å². The maximum atomic E-state index is 11.6. The van der Waals surface area contributed by atoms with Crippen LogP contribution in [-0.4, -0.2) is 48.3 Å². The first-order valence-corrected chi connectivity index (χ1v) is 5.76. The average molecular weight is 275 g/mol. The summed E-state index contributed by atoms with van der Waals surface area (Å²) in [4.78, 5) is 33.2. The number of carbonyl (C=O) groups excluding carboxylic acids is 2. The topological polar surface area (TPSA) is 131 Å². The maximum Gasteiger partial charge on any atom is 0.326 e. The van der Waals surface area contributed by atoms with Gasteiger partial charge in [0.05, 0.1) is 12.1 Å². The minimum absolute atomic E-state index is 0.0528. The molecule has 5 N–H and O–H groups in total. The zero-order valence-electron chi connectivity index (χ0n) is 11.4. The second kappa shape index (κ2) is 7.57. The van der Waals surface area contributed by atoms with E-state index in [1.54, 1.807) is 13.8 Å². The van der Waals surface area contributed by atoms with E-state index in [4.69, 9.17) is 15.6 Å². The lowest BCUT2D eigenvalue weighted by atomic mass is 10.1. The number of methoxy groups -OCH3 is 1. The molecule has 0 spiro atoms. The predicted molar refractivity (Wildman–Crippen MR) is 67.5 cm³/mol. The number of carbonyl (C=O) groups is 3. The molecule has 110 valence electrons. The Morgan fingerprint density at radius 1 is 1.37 bits per heavy atom. The second-order valence-corrected chi connectivity index (χ2v) is 4.81. The van der Waals surface area contributed by atoms with Crippen molar-refractivity contribution >= 4 is 17.9 Å². The summed E-state index contributed by atoms with van der Waals surface area (Å²) in [5, 5.41) is 13.8. The standard InChI is InChI=1S/C11H21N3O5/c1-11(2,6-19-3)14-10(18)13-7(9(16)17)4-5-8(12)15/h7H,4-6H2,1-3H3,(H2,12,15)(H,16,17)(H2,13,14,18). The largest absolute Gasteiger partial charge is 0.480 e. The van der Waals surface area contributed by atoms with Gasteiger partial charge in [0, 0.05) is 13.5 Å². The summed E-state index contributed by atoms with van der Waals surface area (Å²) in [6.45, 7) is 3.74. The molecule has 1 unspecified atom stereocenters. The molecule has 1 atom stereocenters. The third kappa shape index (κ3) is 7.98. The van der Waals surface area contributed by atoms with E-state index >= 15 is 0 Å². The van der Waals surface area contributed by atoms with Crippen LogP contribution < -0.4 is 16.4 Å². The lowest BCUT2D eigenvalue weighted by Gasteiger charge is -2.26. The molecule has 0 aliphatic rings. The van der Waals surface area contributed by atoms with Crippen molar-refractivity contribution in [1.82, 2.24) is 10.6 Å². The van der Waals surface area contributed by atoms with E-state index in [0.29, 0.717) is 0 Å². The molecule has 0 aromatic heterocycles. The first kappa shape index (κ1) is 17.2. The Labute approximate surface area is 111 Å². The van der Waals surface area contributed by atoms with Crippen LogP contribution in [0.4, 0.5) is 4.79 Å². The number of aliphatic carboxylic acids is 1. The molecule has 0 radical (unpaired) electrons. The summed E-state index contributed by atoms with van der Waals surface area (Å²) in [6.07, 6.45) is -0.165. The van der Waals surface area contributed by atoms with Gasteiger partial charge in [0.15, 0.2) is 0 Å². The molecule has 3 amide bonds. The summed E-state index contributed by atoms with van der Waals surface area (Å²) in [5.74, 6) is -1.84. The van der Waals surface area contributed by atoms with Gasteiger partial charge in [-0.25, -0.2) is 9.59 Å². The number of carboxylic acid groups (broad SMARTS) is 1. The van der Waals surface area contributed by atoms with Gasteiger partial charge in [-0.15, -0.1) is 0 Å². The minimum Gasteiger partial charge on any atom is -0.480 e. The van der Waals surface area contributed by atoms with Crippen molar-refractivity contribution in [3.63, 3.8) is 0 Å². The lowest BCUT2D eigenvalue weighted by molar-refractivity contribution is -0.139. The number of carboxylic acids is 1. The number of nitrogens with one attached hydrogen (secondary N) is 2. The van der Waals surface area contributed by atoms with Crippen LogP contribution in [0.1, 0.15) is 26.7 Å².